The second-order valence-corrected chi connectivity index (χ2v) is 4.63. The van der Waals surface area contributed by atoms with Gasteiger partial charge in [0, 0.05) is 13.0 Å². The van der Waals surface area contributed by atoms with Crippen LogP contribution in [-0.4, -0.2) is 16.2 Å². The van der Waals surface area contributed by atoms with Crippen molar-refractivity contribution >= 4 is 0 Å². The molecule has 1 N–H and O–H groups in total. The minimum Gasteiger partial charge on any atom is -0.340 e. The first-order chi connectivity index (χ1) is 7.79. The molecule has 1 aliphatic carbocycles. The number of hydrogen-bond acceptors (Lipinski definition) is 4. The minimum absolute atomic E-state index is 0.251. The van der Waals surface area contributed by atoms with Gasteiger partial charge in [0.15, 0.2) is 5.82 Å². The van der Waals surface area contributed by atoms with Gasteiger partial charge in [0.25, 0.3) is 0 Å². The summed E-state index contributed by atoms with van der Waals surface area (Å²) in [6, 6.07) is 0.887. The van der Waals surface area contributed by atoms with Crippen LogP contribution in [0.5, 0.6) is 0 Å². The third-order valence-electron chi connectivity index (χ3n) is 3.31. The molecular formula is C12H21N3O. The average Bonchev–Trinajstić information content (AvgIpc) is 2.74. The highest BCUT2D eigenvalue weighted by atomic mass is 16.5. The zero-order chi connectivity index (χ0) is 11.4. The molecule has 4 heteroatoms. The smallest absolute Gasteiger partial charge is 0.223 e. The van der Waals surface area contributed by atoms with E-state index in [2.05, 4.69) is 22.4 Å². The largest absolute Gasteiger partial charge is 0.340 e. The van der Waals surface area contributed by atoms with Gasteiger partial charge in [-0.05, 0) is 19.3 Å². The molecule has 1 atom stereocenters. The Kier molecular flexibility index (Phi) is 3.93. The Morgan fingerprint density at radius 3 is 2.69 bits per heavy atom. The van der Waals surface area contributed by atoms with Crippen LogP contribution in [-0.2, 0) is 0 Å². The highest BCUT2D eigenvalue weighted by Crippen LogP contribution is 2.22. The minimum atomic E-state index is 0.251. The molecule has 0 spiro atoms. The van der Waals surface area contributed by atoms with Crippen LogP contribution in [0.2, 0.25) is 0 Å². The molecule has 0 saturated heterocycles. The van der Waals surface area contributed by atoms with E-state index in [1.54, 1.807) is 0 Å². The number of nitrogens with zero attached hydrogens (tertiary/aromatic N) is 2. The van der Waals surface area contributed by atoms with Crippen LogP contribution in [0.15, 0.2) is 4.52 Å². The van der Waals surface area contributed by atoms with E-state index in [-0.39, 0.29) is 6.04 Å². The van der Waals surface area contributed by atoms with Gasteiger partial charge in [-0.15, -0.1) is 0 Å². The maximum atomic E-state index is 5.04. The third kappa shape index (κ3) is 2.82. The van der Waals surface area contributed by atoms with Crippen molar-refractivity contribution < 1.29 is 4.52 Å². The Balaban J connectivity index is 1.94. The summed E-state index contributed by atoms with van der Waals surface area (Å²) in [4.78, 5) is 4.31. The van der Waals surface area contributed by atoms with E-state index in [1.807, 2.05) is 6.92 Å². The topological polar surface area (TPSA) is 51.0 Å². The number of aryl methyl sites for hydroxylation is 1. The third-order valence-corrected chi connectivity index (χ3v) is 3.31. The molecule has 0 bridgehead atoms. The van der Waals surface area contributed by atoms with Crippen molar-refractivity contribution in [2.75, 3.05) is 0 Å². The molecule has 1 aromatic heterocycles. The van der Waals surface area contributed by atoms with Crippen LogP contribution < -0.4 is 5.32 Å². The molecule has 4 nitrogen and oxygen atoms in total. The van der Waals surface area contributed by atoms with Crippen LogP contribution in [0.1, 0.15) is 63.2 Å². The Morgan fingerprint density at radius 1 is 1.38 bits per heavy atom. The van der Waals surface area contributed by atoms with Gasteiger partial charge >= 0.3 is 0 Å². The number of nitrogens with one attached hydrogen (secondary N) is 1. The zero-order valence-electron chi connectivity index (χ0n) is 10.2. The molecule has 90 valence electrons. The number of rotatable bonds is 4. The van der Waals surface area contributed by atoms with Gasteiger partial charge in [-0.25, -0.2) is 0 Å². The maximum absolute atomic E-state index is 5.04. The Labute approximate surface area is 96.8 Å². The molecule has 0 amide bonds. The zero-order valence-corrected chi connectivity index (χ0v) is 10.2. The summed E-state index contributed by atoms with van der Waals surface area (Å²) in [5.74, 6) is 1.46. The van der Waals surface area contributed by atoms with Gasteiger partial charge in [0.1, 0.15) is 0 Å². The summed E-state index contributed by atoms with van der Waals surface area (Å²) >= 11 is 0. The summed E-state index contributed by atoms with van der Waals surface area (Å²) in [6.45, 7) is 4.00. The van der Waals surface area contributed by atoms with Gasteiger partial charge < -0.3 is 9.84 Å². The van der Waals surface area contributed by atoms with E-state index < -0.39 is 0 Å². The lowest BCUT2D eigenvalue weighted by atomic mass is 9.94. The SMILES string of the molecule is CCC(NC1CCCCC1)c1noc(C)n1. The van der Waals surface area contributed by atoms with E-state index in [0.717, 1.165) is 12.2 Å². The first kappa shape index (κ1) is 11.6. The lowest BCUT2D eigenvalue weighted by Crippen LogP contribution is -2.34. The normalized spacial score (nSPS) is 19.9. The lowest BCUT2D eigenvalue weighted by Gasteiger charge is -2.26. The van der Waals surface area contributed by atoms with Crippen LogP contribution >= 0.6 is 0 Å². The first-order valence-corrected chi connectivity index (χ1v) is 6.36. The van der Waals surface area contributed by atoms with E-state index in [9.17, 15) is 0 Å². The molecule has 1 aromatic rings. The van der Waals surface area contributed by atoms with E-state index in [1.165, 1.54) is 32.1 Å². The molecule has 2 rings (SSSR count). The van der Waals surface area contributed by atoms with Crippen LogP contribution in [0.4, 0.5) is 0 Å². The van der Waals surface area contributed by atoms with Crippen LogP contribution in [0, 0.1) is 6.92 Å². The highest BCUT2D eigenvalue weighted by Gasteiger charge is 2.21. The summed E-state index contributed by atoms with van der Waals surface area (Å²) in [5, 5.41) is 7.65. The van der Waals surface area contributed by atoms with E-state index in [4.69, 9.17) is 4.52 Å². The van der Waals surface area contributed by atoms with Gasteiger partial charge in [-0.2, -0.15) is 4.98 Å². The molecule has 1 saturated carbocycles. The summed E-state index contributed by atoms with van der Waals surface area (Å²) < 4.78 is 5.04. The second-order valence-electron chi connectivity index (χ2n) is 4.63. The van der Waals surface area contributed by atoms with Crippen molar-refractivity contribution in [3.8, 4) is 0 Å². The number of aromatic nitrogens is 2. The monoisotopic (exact) mass is 223 g/mol. The molecule has 1 aliphatic rings. The van der Waals surface area contributed by atoms with Crippen LogP contribution in [0.3, 0.4) is 0 Å². The van der Waals surface area contributed by atoms with Crippen LogP contribution in [0.25, 0.3) is 0 Å². The van der Waals surface area contributed by atoms with Crippen molar-refractivity contribution in [2.45, 2.75) is 64.5 Å². The molecule has 0 radical (unpaired) electrons. The van der Waals surface area contributed by atoms with Crippen molar-refractivity contribution in [3.63, 3.8) is 0 Å². The first-order valence-electron chi connectivity index (χ1n) is 6.36. The summed E-state index contributed by atoms with van der Waals surface area (Å²) in [6.07, 6.45) is 7.66. The van der Waals surface area contributed by atoms with Crippen molar-refractivity contribution in [3.05, 3.63) is 11.7 Å². The average molecular weight is 223 g/mol. The van der Waals surface area contributed by atoms with Gasteiger partial charge in [0.05, 0.1) is 6.04 Å². The summed E-state index contributed by atoms with van der Waals surface area (Å²) in [7, 11) is 0. The molecule has 1 heterocycles. The molecule has 0 aliphatic heterocycles. The van der Waals surface area contributed by atoms with Crippen molar-refractivity contribution in [1.82, 2.24) is 15.5 Å². The summed E-state index contributed by atoms with van der Waals surface area (Å²) in [5.41, 5.74) is 0. The standard InChI is InChI=1S/C12H21N3O/c1-3-11(12-13-9(2)16-15-12)14-10-7-5-4-6-8-10/h10-11,14H,3-8H2,1-2H3. The molecule has 1 fully saturated rings. The quantitative estimate of drug-likeness (QED) is 0.852. The molecule has 0 aromatic carbocycles. The highest BCUT2D eigenvalue weighted by molar-refractivity contribution is 4.94. The van der Waals surface area contributed by atoms with E-state index in [0.29, 0.717) is 11.9 Å². The number of hydrogen-bond donors (Lipinski definition) is 1. The molecular weight excluding hydrogens is 202 g/mol. The fraction of sp³-hybridized carbons (Fsp3) is 0.833. The molecule has 16 heavy (non-hydrogen) atoms. The Morgan fingerprint density at radius 2 is 2.12 bits per heavy atom. The fourth-order valence-corrected chi connectivity index (χ4v) is 2.39. The van der Waals surface area contributed by atoms with E-state index >= 15 is 0 Å². The predicted molar refractivity (Wildman–Crippen MR) is 62.1 cm³/mol. The van der Waals surface area contributed by atoms with Crippen molar-refractivity contribution in [2.24, 2.45) is 0 Å². The second kappa shape index (κ2) is 5.43. The molecule has 1 unspecified atom stereocenters. The fourth-order valence-electron chi connectivity index (χ4n) is 2.39. The lowest BCUT2D eigenvalue weighted by molar-refractivity contribution is 0.318. The van der Waals surface area contributed by atoms with Gasteiger partial charge in [0.2, 0.25) is 5.89 Å². The Hall–Kier alpha value is -0.900. The maximum Gasteiger partial charge on any atom is 0.223 e. The van der Waals surface area contributed by atoms with Gasteiger partial charge in [-0.3, -0.25) is 0 Å². The van der Waals surface area contributed by atoms with Crippen molar-refractivity contribution in [1.29, 1.82) is 0 Å². The predicted octanol–water partition coefficient (Wildman–Crippen LogP) is 2.75. The Bertz CT molecular complexity index is 318. The van der Waals surface area contributed by atoms with Gasteiger partial charge in [-0.1, -0.05) is 31.3 Å².